The van der Waals surface area contributed by atoms with Crippen molar-refractivity contribution in [2.45, 2.75) is 105 Å². The lowest BCUT2D eigenvalue weighted by Gasteiger charge is -2.33. The number of rotatable bonds is 12. The van der Waals surface area contributed by atoms with Gasteiger partial charge in [0.25, 0.3) is 0 Å². The highest BCUT2D eigenvalue weighted by molar-refractivity contribution is 5.95. The Bertz CT molecular complexity index is 3390. The monoisotopic (exact) mass is 1050 g/mol. The summed E-state index contributed by atoms with van der Waals surface area (Å²) in [7, 11) is 3.31. The van der Waals surface area contributed by atoms with Crippen LogP contribution in [0.2, 0.25) is 0 Å². The number of methoxy groups -OCH3 is 2. The average Bonchev–Trinajstić information content (AvgIpc) is 4.07. The van der Waals surface area contributed by atoms with E-state index in [1.807, 2.05) is 167 Å². The Labute approximate surface area is 456 Å². The number of hydrogen-bond acceptors (Lipinski definition) is 12. The van der Waals surface area contributed by atoms with Crippen molar-refractivity contribution >= 4 is 39.8 Å². The van der Waals surface area contributed by atoms with E-state index in [2.05, 4.69) is 13.0 Å². The summed E-state index contributed by atoms with van der Waals surface area (Å²) in [6.07, 6.45) is 7.50. The van der Waals surface area contributed by atoms with Crippen LogP contribution in [0.4, 0.5) is 9.59 Å². The Kier molecular flexibility index (Phi) is 16.4. The number of aromatic nitrogens is 6. The molecule has 2 aliphatic heterocycles. The molecule has 2 amide bonds. The zero-order chi connectivity index (χ0) is 55.1. The van der Waals surface area contributed by atoms with Crippen LogP contribution in [0.15, 0.2) is 128 Å². The topological polar surface area (TPSA) is 157 Å². The van der Waals surface area contributed by atoms with Crippen LogP contribution < -0.4 is 18.9 Å². The number of fused-ring (bicyclic) bond motifs is 2. The van der Waals surface area contributed by atoms with Gasteiger partial charge in [-0.3, -0.25) is 0 Å². The fraction of sp³-hybridized carbons (Fsp3) is 0.355. The van der Waals surface area contributed by atoms with Crippen molar-refractivity contribution in [3.8, 4) is 34.5 Å². The molecule has 1 saturated heterocycles. The number of amides is 2. The molecule has 16 heteroatoms. The van der Waals surface area contributed by atoms with Crippen molar-refractivity contribution in [1.29, 1.82) is 0 Å². The Morgan fingerprint density at radius 2 is 1.05 bits per heavy atom. The number of carbonyl (C=O) groups excluding carboxylic acids is 2. The standard InChI is InChI=1S/C31H36N4O4.C31H34N4O4/c2*1-21-8-12-25(13-9-21)38-26-16-17-32-29-27(26)28(33-35(29)19-22-10-14-24(37-5)15-11-22)23-7-6-18-34(20-23)30(36)39-31(2,3)4/h8-17,23H,6-7,18-20H2,1-5H3;7-17H,6,18-20H2,1-5H3. The van der Waals surface area contributed by atoms with Gasteiger partial charge in [0.15, 0.2) is 11.3 Å². The van der Waals surface area contributed by atoms with Gasteiger partial charge in [-0.05, 0) is 152 Å². The first-order valence-electron chi connectivity index (χ1n) is 26.5. The number of ether oxygens (including phenoxy) is 6. The predicted molar refractivity (Wildman–Crippen MR) is 302 cm³/mol. The number of carbonyl (C=O) groups is 2. The van der Waals surface area contributed by atoms with E-state index < -0.39 is 11.2 Å². The van der Waals surface area contributed by atoms with Gasteiger partial charge < -0.3 is 38.2 Å². The summed E-state index contributed by atoms with van der Waals surface area (Å²) in [4.78, 5) is 38.8. The summed E-state index contributed by atoms with van der Waals surface area (Å²) in [5.74, 6) is 4.48. The molecule has 0 saturated carbocycles. The molecule has 1 atom stereocenters. The first-order chi connectivity index (χ1) is 37.4. The largest absolute Gasteiger partial charge is 0.497 e. The minimum absolute atomic E-state index is 0.0236. The van der Waals surface area contributed by atoms with Gasteiger partial charge in [-0.25, -0.2) is 28.9 Å². The molecular formula is C62H70N8O8. The van der Waals surface area contributed by atoms with Crippen molar-refractivity contribution in [3.63, 3.8) is 0 Å². The number of hydrogen-bond donors (Lipinski definition) is 0. The molecule has 2 aliphatic rings. The summed E-state index contributed by atoms with van der Waals surface area (Å²) in [6, 6.07) is 35.5. The molecular weight excluding hydrogens is 985 g/mol. The molecule has 0 radical (unpaired) electrons. The van der Waals surface area contributed by atoms with Crippen LogP contribution in [0.3, 0.4) is 0 Å². The summed E-state index contributed by atoms with van der Waals surface area (Å²) in [5.41, 5.74) is 7.39. The molecule has 0 bridgehead atoms. The van der Waals surface area contributed by atoms with Crippen LogP contribution in [0, 0.1) is 13.8 Å². The van der Waals surface area contributed by atoms with E-state index in [0.717, 1.165) is 85.9 Å². The third kappa shape index (κ3) is 13.4. The molecule has 0 spiro atoms. The SMILES string of the molecule is COc1ccc(Cn2nc(C3=CCCN(C(=O)OC(C)(C)C)C3)c3c(Oc4ccc(C)cc4)ccnc32)cc1.COc1ccc(Cn2nc(C3CCCN(C(=O)OC(C)(C)C)C3)c3c(Oc4ccc(C)cc4)ccnc32)cc1. The zero-order valence-corrected chi connectivity index (χ0v) is 46.4. The lowest BCUT2D eigenvalue weighted by molar-refractivity contribution is 0.0196. The molecule has 16 nitrogen and oxygen atoms in total. The lowest BCUT2D eigenvalue weighted by Crippen LogP contribution is -2.42. The number of pyridine rings is 2. The number of nitrogens with zero attached hydrogens (tertiary/aromatic N) is 8. The van der Waals surface area contributed by atoms with E-state index in [4.69, 9.17) is 48.6 Å². The van der Waals surface area contributed by atoms with Crippen LogP contribution in [0.5, 0.6) is 34.5 Å². The summed E-state index contributed by atoms with van der Waals surface area (Å²) >= 11 is 0. The molecule has 6 heterocycles. The molecule has 8 aromatic rings. The highest BCUT2D eigenvalue weighted by Gasteiger charge is 2.33. The zero-order valence-electron chi connectivity index (χ0n) is 46.4. The van der Waals surface area contributed by atoms with E-state index >= 15 is 0 Å². The van der Waals surface area contributed by atoms with Gasteiger partial charge in [-0.15, -0.1) is 0 Å². The van der Waals surface area contributed by atoms with Crippen LogP contribution in [0.1, 0.15) is 100 Å². The van der Waals surface area contributed by atoms with Gasteiger partial charge >= 0.3 is 12.2 Å². The molecule has 1 unspecified atom stereocenters. The van der Waals surface area contributed by atoms with Gasteiger partial charge in [0, 0.05) is 37.9 Å². The maximum atomic E-state index is 12.9. The fourth-order valence-corrected chi connectivity index (χ4v) is 9.43. The van der Waals surface area contributed by atoms with Gasteiger partial charge in [0.1, 0.15) is 51.4 Å². The lowest BCUT2D eigenvalue weighted by atomic mass is 9.93. The number of likely N-dealkylation sites (tertiary alicyclic amines) is 1. The third-order valence-corrected chi connectivity index (χ3v) is 13.3. The third-order valence-electron chi connectivity index (χ3n) is 13.3. The molecule has 0 N–H and O–H groups in total. The molecule has 4 aromatic heterocycles. The maximum Gasteiger partial charge on any atom is 0.410 e. The summed E-state index contributed by atoms with van der Waals surface area (Å²) in [6.45, 7) is 18.6. The van der Waals surface area contributed by atoms with Crippen molar-refractivity contribution in [2.75, 3.05) is 40.4 Å². The van der Waals surface area contributed by atoms with E-state index in [1.54, 1.807) is 36.4 Å². The Morgan fingerprint density at radius 1 is 0.577 bits per heavy atom. The minimum Gasteiger partial charge on any atom is -0.497 e. The van der Waals surface area contributed by atoms with Crippen molar-refractivity contribution in [1.82, 2.24) is 39.3 Å². The Hall–Kier alpha value is -8.40. The quantitative estimate of drug-likeness (QED) is 0.114. The highest BCUT2D eigenvalue weighted by atomic mass is 16.6. The van der Waals surface area contributed by atoms with E-state index in [9.17, 15) is 9.59 Å². The molecule has 10 rings (SSSR count). The second-order valence-corrected chi connectivity index (χ2v) is 21.8. The van der Waals surface area contributed by atoms with E-state index in [-0.39, 0.29) is 18.1 Å². The van der Waals surface area contributed by atoms with Gasteiger partial charge in [0.2, 0.25) is 0 Å². The van der Waals surface area contributed by atoms with Crippen LogP contribution >= 0.6 is 0 Å². The molecule has 0 aliphatic carbocycles. The first-order valence-corrected chi connectivity index (χ1v) is 26.5. The minimum atomic E-state index is -0.565. The molecule has 406 valence electrons. The molecule has 78 heavy (non-hydrogen) atoms. The van der Waals surface area contributed by atoms with Crippen molar-refractivity contribution in [2.24, 2.45) is 0 Å². The molecule has 1 fully saturated rings. The Balaban J connectivity index is 0.000000190. The number of benzene rings is 4. The van der Waals surface area contributed by atoms with Gasteiger partial charge in [0.05, 0.1) is 50.3 Å². The van der Waals surface area contributed by atoms with Crippen LogP contribution in [0.25, 0.3) is 27.6 Å². The average molecular weight is 1060 g/mol. The van der Waals surface area contributed by atoms with Crippen LogP contribution in [-0.2, 0) is 22.6 Å². The summed E-state index contributed by atoms with van der Waals surface area (Å²) < 4.78 is 38.5. The normalized spacial score (nSPS) is 14.8. The van der Waals surface area contributed by atoms with Crippen LogP contribution in [-0.4, -0.2) is 103 Å². The number of piperidine rings is 1. The maximum absolute atomic E-state index is 12.9. The predicted octanol–water partition coefficient (Wildman–Crippen LogP) is 13.3. The smallest absolute Gasteiger partial charge is 0.410 e. The Morgan fingerprint density at radius 3 is 1.56 bits per heavy atom. The molecule has 4 aromatic carbocycles. The van der Waals surface area contributed by atoms with Crippen molar-refractivity contribution in [3.05, 3.63) is 161 Å². The van der Waals surface area contributed by atoms with E-state index in [1.165, 1.54) is 5.56 Å². The highest BCUT2D eigenvalue weighted by Crippen LogP contribution is 2.39. The second-order valence-electron chi connectivity index (χ2n) is 21.8. The first kappa shape index (κ1) is 54.4. The fourth-order valence-electron chi connectivity index (χ4n) is 9.43. The van der Waals surface area contributed by atoms with E-state index in [0.29, 0.717) is 62.8 Å². The van der Waals surface area contributed by atoms with Gasteiger partial charge in [-0.2, -0.15) is 10.2 Å². The number of aryl methyl sites for hydroxylation is 2. The second kappa shape index (κ2) is 23.5. The summed E-state index contributed by atoms with van der Waals surface area (Å²) in [5, 5.41) is 11.8. The van der Waals surface area contributed by atoms with Gasteiger partial charge in [-0.1, -0.05) is 65.7 Å². The van der Waals surface area contributed by atoms with Crippen molar-refractivity contribution < 1.29 is 38.0 Å².